The predicted octanol–water partition coefficient (Wildman–Crippen LogP) is 1.95. The first-order valence-electron chi connectivity index (χ1n) is 5.20. The lowest BCUT2D eigenvalue weighted by Crippen LogP contribution is -2.06. The zero-order valence-corrected chi connectivity index (χ0v) is 9.67. The van der Waals surface area contributed by atoms with Gasteiger partial charge in [0.2, 0.25) is 0 Å². The van der Waals surface area contributed by atoms with E-state index >= 15 is 0 Å². The highest BCUT2D eigenvalue weighted by Gasteiger charge is 2.03. The molecular formula is C12H19NO2. The van der Waals surface area contributed by atoms with E-state index in [1.54, 1.807) is 7.11 Å². The summed E-state index contributed by atoms with van der Waals surface area (Å²) in [5.41, 5.74) is 2.35. The quantitative estimate of drug-likeness (QED) is 0.776. The average molecular weight is 209 g/mol. The molecule has 1 rings (SSSR count). The Balaban J connectivity index is 2.81. The summed E-state index contributed by atoms with van der Waals surface area (Å²) in [4.78, 5) is 0. The second-order valence-corrected chi connectivity index (χ2v) is 3.31. The van der Waals surface area contributed by atoms with Gasteiger partial charge in [-0.2, -0.15) is 0 Å². The number of methoxy groups -OCH3 is 1. The Morgan fingerprint density at radius 1 is 1.33 bits per heavy atom. The molecular weight excluding hydrogens is 190 g/mol. The lowest BCUT2D eigenvalue weighted by atomic mass is 10.1. The van der Waals surface area contributed by atoms with Crippen LogP contribution in [0.25, 0.3) is 0 Å². The van der Waals surface area contributed by atoms with Gasteiger partial charge in [-0.05, 0) is 31.7 Å². The molecule has 0 atom stereocenters. The molecule has 0 bridgehead atoms. The van der Waals surface area contributed by atoms with Crippen molar-refractivity contribution in [3.8, 4) is 5.75 Å². The summed E-state index contributed by atoms with van der Waals surface area (Å²) in [5.74, 6) is 0.892. The molecule has 0 radical (unpaired) electrons. The fourth-order valence-electron chi connectivity index (χ4n) is 1.47. The number of hydrogen-bond acceptors (Lipinski definition) is 3. The van der Waals surface area contributed by atoms with E-state index in [2.05, 4.69) is 17.4 Å². The van der Waals surface area contributed by atoms with Crippen LogP contribution < -0.4 is 10.1 Å². The summed E-state index contributed by atoms with van der Waals surface area (Å²) in [6.45, 7) is 4.18. The minimum Gasteiger partial charge on any atom is -0.496 e. The second kappa shape index (κ2) is 6.43. The molecule has 3 nitrogen and oxygen atoms in total. The standard InChI is InChI=1S/C12H19NO2/c1-4-15-9-11-7-10(8-13-2)5-6-12(11)14-3/h5-7,13H,4,8-9H2,1-3H3. The summed E-state index contributed by atoms with van der Waals surface area (Å²) < 4.78 is 10.7. The van der Waals surface area contributed by atoms with Gasteiger partial charge in [0.05, 0.1) is 13.7 Å². The van der Waals surface area contributed by atoms with Gasteiger partial charge in [-0.3, -0.25) is 0 Å². The topological polar surface area (TPSA) is 30.5 Å². The second-order valence-electron chi connectivity index (χ2n) is 3.31. The van der Waals surface area contributed by atoms with Crippen molar-refractivity contribution in [2.75, 3.05) is 20.8 Å². The Labute approximate surface area is 91.4 Å². The lowest BCUT2D eigenvalue weighted by Gasteiger charge is -2.10. The molecule has 0 aliphatic heterocycles. The smallest absolute Gasteiger partial charge is 0.124 e. The van der Waals surface area contributed by atoms with E-state index in [0.29, 0.717) is 6.61 Å². The van der Waals surface area contributed by atoms with Crippen LogP contribution in [-0.4, -0.2) is 20.8 Å². The molecule has 1 N–H and O–H groups in total. The molecule has 0 aromatic heterocycles. The first kappa shape index (κ1) is 12.0. The van der Waals surface area contributed by atoms with Gasteiger partial charge in [0.25, 0.3) is 0 Å². The molecule has 15 heavy (non-hydrogen) atoms. The van der Waals surface area contributed by atoms with Gasteiger partial charge in [0.15, 0.2) is 0 Å². The third-order valence-electron chi connectivity index (χ3n) is 2.19. The summed E-state index contributed by atoms with van der Waals surface area (Å²) >= 11 is 0. The maximum absolute atomic E-state index is 5.39. The molecule has 0 spiro atoms. The molecule has 0 aliphatic carbocycles. The van der Waals surface area contributed by atoms with E-state index in [-0.39, 0.29) is 0 Å². The molecule has 0 aliphatic rings. The molecule has 84 valence electrons. The normalized spacial score (nSPS) is 10.3. The first-order chi connectivity index (χ1) is 7.31. The highest BCUT2D eigenvalue weighted by molar-refractivity contribution is 5.36. The maximum atomic E-state index is 5.39. The Morgan fingerprint density at radius 2 is 2.13 bits per heavy atom. The lowest BCUT2D eigenvalue weighted by molar-refractivity contribution is 0.132. The van der Waals surface area contributed by atoms with Crippen LogP contribution in [0, 0.1) is 0 Å². The summed E-state index contributed by atoms with van der Waals surface area (Å²) in [6, 6.07) is 6.16. The van der Waals surface area contributed by atoms with Gasteiger partial charge in [-0.1, -0.05) is 6.07 Å². The Bertz CT molecular complexity index is 300. The van der Waals surface area contributed by atoms with E-state index < -0.39 is 0 Å². The van der Waals surface area contributed by atoms with Crippen molar-refractivity contribution in [1.82, 2.24) is 5.32 Å². The Kier molecular flexibility index (Phi) is 5.15. The number of benzene rings is 1. The number of ether oxygens (including phenoxy) is 2. The Hall–Kier alpha value is -1.06. The molecule has 1 aromatic rings. The van der Waals surface area contributed by atoms with Gasteiger partial charge in [-0.25, -0.2) is 0 Å². The van der Waals surface area contributed by atoms with Crippen molar-refractivity contribution in [1.29, 1.82) is 0 Å². The van der Waals surface area contributed by atoms with E-state index in [4.69, 9.17) is 9.47 Å². The van der Waals surface area contributed by atoms with Crippen molar-refractivity contribution < 1.29 is 9.47 Å². The van der Waals surface area contributed by atoms with Gasteiger partial charge in [0.1, 0.15) is 5.75 Å². The van der Waals surface area contributed by atoms with Crippen LogP contribution in [0.1, 0.15) is 18.1 Å². The monoisotopic (exact) mass is 209 g/mol. The van der Waals surface area contributed by atoms with Crippen LogP contribution in [-0.2, 0) is 17.9 Å². The van der Waals surface area contributed by atoms with Crippen molar-refractivity contribution in [3.63, 3.8) is 0 Å². The van der Waals surface area contributed by atoms with E-state index in [0.717, 1.165) is 24.5 Å². The van der Waals surface area contributed by atoms with Crippen LogP contribution in [0.2, 0.25) is 0 Å². The zero-order chi connectivity index (χ0) is 11.1. The molecule has 0 unspecified atom stereocenters. The van der Waals surface area contributed by atoms with Crippen LogP contribution in [0.4, 0.5) is 0 Å². The minimum atomic E-state index is 0.608. The Morgan fingerprint density at radius 3 is 2.73 bits per heavy atom. The van der Waals surface area contributed by atoms with Gasteiger partial charge < -0.3 is 14.8 Å². The van der Waals surface area contributed by atoms with Crippen molar-refractivity contribution in [2.45, 2.75) is 20.1 Å². The molecule has 3 heteroatoms. The highest BCUT2D eigenvalue weighted by Crippen LogP contribution is 2.20. The van der Waals surface area contributed by atoms with Gasteiger partial charge in [-0.15, -0.1) is 0 Å². The van der Waals surface area contributed by atoms with Crippen LogP contribution >= 0.6 is 0 Å². The van der Waals surface area contributed by atoms with Crippen molar-refractivity contribution >= 4 is 0 Å². The summed E-state index contributed by atoms with van der Waals surface area (Å²) in [7, 11) is 3.62. The van der Waals surface area contributed by atoms with Crippen LogP contribution in [0.15, 0.2) is 18.2 Å². The van der Waals surface area contributed by atoms with E-state index in [9.17, 15) is 0 Å². The summed E-state index contributed by atoms with van der Waals surface area (Å²) in [5, 5.41) is 3.12. The third kappa shape index (κ3) is 3.53. The number of rotatable bonds is 6. The van der Waals surface area contributed by atoms with Crippen molar-refractivity contribution in [2.24, 2.45) is 0 Å². The highest BCUT2D eigenvalue weighted by atomic mass is 16.5. The zero-order valence-electron chi connectivity index (χ0n) is 9.67. The minimum absolute atomic E-state index is 0.608. The van der Waals surface area contributed by atoms with E-state index in [1.807, 2.05) is 20.0 Å². The molecule has 0 saturated carbocycles. The fourth-order valence-corrected chi connectivity index (χ4v) is 1.47. The molecule has 0 saturated heterocycles. The van der Waals surface area contributed by atoms with E-state index in [1.165, 1.54) is 5.56 Å². The molecule has 0 amide bonds. The van der Waals surface area contributed by atoms with Crippen LogP contribution in [0.5, 0.6) is 5.75 Å². The largest absolute Gasteiger partial charge is 0.496 e. The van der Waals surface area contributed by atoms with Crippen molar-refractivity contribution in [3.05, 3.63) is 29.3 Å². The molecule has 0 fully saturated rings. The first-order valence-corrected chi connectivity index (χ1v) is 5.20. The molecule has 1 aromatic carbocycles. The van der Waals surface area contributed by atoms with Crippen LogP contribution in [0.3, 0.4) is 0 Å². The van der Waals surface area contributed by atoms with Gasteiger partial charge >= 0.3 is 0 Å². The number of nitrogens with one attached hydrogen (secondary N) is 1. The SMILES string of the molecule is CCOCc1cc(CNC)ccc1OC. The predicted molar refractivity (Wildman–Crippen MR) is 61.1 cm³/mol. The fraction of sp³-hybridized carbons (Fsp3) is 0.500. The molecule has 0 heterocycles. The average Bonchev–Trinajstić information content (AvgIpc) is 2.27. The van der Waals surface area contributed by atoms with Gasteiger partial charge in [0, 0.05) is 18.7 Å². The number of hydrogen-bond donors (Lipinski definition) is 1. The maximum Gasteiger partial charge on any atom is 0.124 e. The summed E-state index contributed by atoms with van der Waals surface area (Å²) in [6.07, 6.45) is 0. The third-order valence-corrected chi connectivity index (χ3v) is 2.19.